The molecule has 16 heavy (non-hydrogen) atoms. The van der Waals surface area contributed by atoms with Gasteiger partial charge in [-0.3, -0.25) is 0 Å². The zero-order valence-electron chi connectivity index (χ0n) is 9.67. The van der Waals surface area contributed by atoms with Crippen LogP contribution in [-0.2, 0) is 9.84 Å². The molecule has 0 radical (unpaired) electrons. The van der Waals surface area contributed by atoms with Crippen molar-refractivity contribution in [1.82, 2.24) is 10.6 Å². The number of sulfone groups is 1. The lowest BCUT2D eigenvalue weighted by Gasteiger charge is -2.26. The third-order valence-corrected chi connectivity index (χ3v) is 4.62. The Morgan fingerprint density at radius 1 is 1.56 bits per heavy atom. The highest BCUT2D eigenvalue weighted by molar-refractivity contribution is 7.91. The zero-order chi connectivity index (χ0) is 12.4. The van der Waals surface area contributed by atoms with Gasteiger partial charge in [0.25, 0.3) is 0 Å². The van der Waals surface area contributed by atoms with Gasteiger partial charge in [0.1, 0.15) is 0 Å². The van der Waals surface area contributed by atoms with Crippen molar-refractivity contribution in [2.75, 3.05) is 18.1 Å². The number of hydrogen-bond donors (Lipinski definition) is 2. The van der Waals surface area contributed by atoms with Crippen molar-refractivity contribution in [3.05, 3.63) is 12.2 Å². The Labute approximate surface area is 102 Å². The van der Waals surface area contributed by atoms with Crippen LogP contribution in [-0.4, -0.2) is 37.1 Å². The normalized spacial score (nSPS) is 27.4. The van der Waals surface area contributed by atoms with Crippen LogP contribution in [0, 0.1) is 0 Å². The Morgan fingerprint density at radius 2 is 2.19 bits per heavy atom. The second-order valence-electron chi connectivity index (χ2n) is 4.67. The summed E-state index contributed by atoms with van der Waals surface area (Å²) in [6, 6.07) is 0. The summed E-state index contributed by atoms with van der Waals surface area (Å²) in [7, 11) is -2.90. The van der Waals surface area contributed by atoms with Gasteiger partial charge in [0.2, 0.25) is 0 Å². The van der Waals surface area contributed by atoms with Gasteiger partial charge in [-0.1, -0.05) is 12.2 Å². The van der Waals surface area contributed by atoms with Crippen LogP contribution < -0.4 is 10.6 Å². The summed E-state index contributed by atoms with van der Waals surface area (Å²) in [6.45, 7) is 8.14. The van der Waals surface area contributed by atoms with E-state index >= 15 is 0 Å². The van der Waals surface area contributed by atoms with Gasteiger partial charge < -0.3 is 10.6 Å². The van der Waals surface area contributed by atoms with Gasteiger partial charge in [-0.15, -0.1) is 0 Å². The summed E-state index contributed by atoms with van der Waals surface area (Å²) >= 11 is 5.10. The van der Waals surface area contributed by atoms with Gasteiger partial charge in [0.05, 0.1) is 17.0 Å². The van der Waals surface area contributed by atoms with Gasteiger partial charge in [0.15, 0.2) is 14.9 Å². The minimum atomic E-state index is -2.90. The Hall–Kier alpha value is -0.620. The molecule has 92 valence electrons. The standard InChI is InChI=1S/C10H18N2O2S2/c1-8(2)6-11-9(15)12-10(3)4-5-16(13,14)7-10/h1,4-7H2,2-3H3,(H2,11,12,15). The van der Waals surface area contributed by atoms with E-state index in [9.17, 15) is 8.42 Å². The monoisotopic (exact) mass is 262 g/mol. The molecule has 1 fully saturated rings. The molecule has 6 heteroatoms. The van der Waals surface area contributed by atoms with Crippen LogP contribution in [0.4, 0.5) is 0 Å². The van der Waals surface area contributed by atoms with Gasteiger partial charge in [-0.2, -0.15) is 0 Å². The second-order valence-corrected chi connectivity index (χ2v) is 7.26. The highest BCUT2D eigenvalue weighted by Crippen LogP contribution is 2.22. The quantitative estimate of drug-likeness (QED) is 0.576. The molecular weight excluding hydrogens is 244 g/mol. The number of nitrogens with one attached hydrogen (secondary N) is 2. The Balaban J connectivity index is 2.48. The number of rotatable bonds is 3. The lowest BCUT2D eigenvalue weighted by atomic mass is 10.0. The van der Waals surface area contributed by atoms with Crippen LogP contribution in [0.5, 0.6) is 0 Å². The van der Waals surface area contributed by atoms with Crippen molar-refractivity contribution in [3.63, 3.8) is 0 Å². The maximum absolute atomic E-state index is 11.4. The molecule has 1 aliphatic heterocycles. The van der Waals surface area contributed by atoms with E-state index in [0.29, 0.717) is 18.1 Å². The van der Waals surface area contributed by atoms with Crippen molar-refractivity contribution < 1.29 is 8.42 Å². The highest BCUT2D eigenvalue weighted by atomic mass is 32.2. The van der Waals surface area contributed by atoms with E-state index in [1.165, 1.54) is 0 Å². The lowest BCUT2D eigenvalue weighted by molar-refractivity contribution is 0.469. The SMILES string of the molecule is C=C(C)CNC(=S)NC1(C)CCS(=O)(=O)C1. The predicted molar refractivity (Wildman–Crippen MR) is 70.2 cm³/mol. The third kappa shape index (κ3) is 4.09. The molecule has 0 aromatic heterocycles. The fraction of sp³-hybridized carbons (Fsp3) is 0.700. The van der Waals surface area contributed by atoms with Crippen LogP contribution in [0.3, 0.4) is 0 Å². The molecule has 1 atom stereocenters. The first-order chi connectivity index (χ1) is 7.22. The summed E-state index contributed by atoms with van der Waals surface area (Å²) in [5, 5.41) is 6.54. The first-order valence-electron chi connectivity index (χ1n) is 5.13. The Bertz CT molecular complexity index is 403. The van der Waals surface area contributed by atoms with Crippen LogP contribution in [0.2, 0.25) is 0 Å². The van der Waals surface area contributed by atoms with E-state index in [4.69, 9.17) is 12.2 Å². The maximum Gasteiger partial charge on any atom is 0.167 e. The molecule has 0 aromatic carbocycles. The van der Waals surface area contributed by atoms with E-state index in [2.05, 4.69) is 17.2 Å². The maximum atomic E-state index is 11.4. The molecule has 4 nitrogen and oxygen atoms in total. The van der Waals surface area contributed by atoms with E-state index in [1.807, 2.05) is 13.8 Å². The molecule has 0 amide bonds. The van der Waals surface area contributed by atoms with Crippen LogP contribution in [0.15, 0.2) is 12.2 Å². The molecule has 1 saturated heterocycles. The molecule has 2 N–H and O–H groups in total. The fourth-order valence-corrected chi connectivity index (χ4v) is 4.07. The molecule has 0 saturated carbocycles. The van der Waals surface area contributed by atoms with Crippen LogP contribution in [0.25, 0.3) is 0 Å². The summed E-state index contributed by atoms with van der Waals surface area (Å²) in [5.41, 5.74) is 0.547. The van der Waals surface area contributed by atoms with E-state index in [0.717, 1.165) is 5.57 Å². The van der Waals surface area contributed by atoms with Crippen molar-refractivity contribution in [1.29, 1.82) is 0 Å². The van der Waals surface area contributed by atoms with E-state index in [1.54, 1.807) is 0 Å². The van der Waals surface area contributed by atoms with E-state index < -0.39 is 15.4 Å². The largest absolute Gasteiger partial charge is 0.359 e. The first kappa shape index (κ1) is 13.4. The van der Waals surface area contributed by atoms with Crippen molar-refractivity contribution in [2.45, 2.75) is 25.8 Å². The summed E-state index contributed by atoms with van der Waals surface area (Å²) in [5.74, 6) is 0.383. The number of hydrogen-bond acceptors (Lipinski definition) is 3. The molecule has 0 spiro atoms. The smallest absolute Gasteiger partial charge is 0.167 e. The molecule has 1 unspecified atom stereocenters. The van der Waals surface area contributed by atoms with Gasteiger partial charge in [0, 0.05) is 6.54 Å². The lowest BCUT2D eigenvalue weighted by Crippen LogP contribution is -2.51. The minimum absolute atomic E-state index is 0.148. The molecule has 1 aliphatic rings. The molecule has 0 aliphatic carbocycles. The van der Waals surface area contributed by atoms with Crippen molar-refractivity contribution in [3.8, 4) is 0 Å². The Morgan fingerprint density at radius 3 is 2.62 bits per heavy atom. The zero-order valence-corrected chi connectivity index (χ0v) is 11.3. The minimum Gasteiger partial charge on any atom is -0.359 e. The number of thiocarbonyl (C=S) groups is 1. The molecule has 0 aromatic rings. The fourth-order valence-electron chi connectivity index (χ4n) is 1.66. The second kappa shape index (κ2) is 4.71. The molecule has 1 heterocycles. The van der Waals surface area contributed by atoms with Gasteiger partial charge >= 0.3 is 0 Å². The van der Waals surface area contributed by atoms with E-state index in [-0.39, 0.29) is 11.5 Å². The average molecular weight is 262 g/mol. The molecule has 1 rings (SSSR count). The van der Waals surface area contributed by atoms with Gasteiger partial charge in [-0.25, -0.2) is 8.42 Å². The third-order valence-electron chi connectivity index (χ3n) is 2.47. The van der Waals surface area contributed by atoms with Crippen LogP contribution in [0.1, 0.15) is 20.3 Å². The summed E-state index contributed by atoms with van der Waals surface area (Å²) in [6.07, 6.45) is 0.601. The van der Waals surface area contributed by atoms with Crippen molar-refractivity contribution in [2.24, 2.45) is 0 Å². The average Bonchev–Trinajstić information content (AvgIpc) is 2.37. The molecular formula is C10H18N2O2S2. The first-order valence-corrected chi connectivity index (χ1v) is 7.36. The van der Waals surface area contributed by atoms with Crippen LogP contribution >= 0.6 is 12.2 Å². The van der Waals surface area contributed by atoms with Gasteiger partial charge in [-0.05, 0) is 32.5 Å². The highest BCUT2D eigenvalue weighted by Gasteiger charge is 2.38. The summed E-state index contributed by atoms with van der Waals surface area (Å²) < 4.78 is 22.8. The van der Waals surface area contributed by atoms with Crippen molar-refractivity contribution >= 4 is 27.2 Å². The topological polar surface area (TPSA) is 58.2 Å². The summed E-state index contributed by atoms with van der Waals surface area (Å²) in [4.78, 5) is 0. The molecule has 0 bridgehead atoms. The Kier molecular flexibility index (Phi) is 3.96. The predicted octanol–water partition coefficient (Wildman–Crippen LogP) is 0.604.